The highest BCUT2D eigenvalue weighted by Gasteiger charge is 2.26. The first-order valence-corrected chi connectivity index (χ1v) is 15.4. The molecule has 0 radical (unpaired) electrons. The maximum atomic E-state index is 13.3. The van der Waals surface area contributed by atoms with E-state index in [1.54, 1.807) is 48.2 Å². The second-order valence-electron chi connectivity index (χ2n) is 9.93. The van der Waals surface area contributed by atoms with E-state index in [4.69, 9.17) is 14.2 Å². The summed E-state index contributed by atoms with van der Waals surface area (Å²) in [6.45, 7) is 0.225. The number of carbonyl (C=O) groups excluding carboxylic acids is 4. The molecule has 0 aliphatic heterocycles. The van der Waals surface area contributed by atoms with Gasteiger partial charge >= 0.3 is 28.4 Å². The number of aromatic nitrogens is 1. The highest BCUT2D eigenvalue weighted by atomic mass is 32.2. The molecule has 1 N–H and O–H groups in total. The molecular formula is C32H32N4O9S. The van der Waals surface area contributed by atoms with Crippen molar-refractivity contribution >= 4 is 34.3 Å². The lowest BCUT2D eigenvalue weighted by molar-refractivity contribution is 0.0709. The molecule has 13 nitrogen and oxygen atoms in total. The van der Waals surface area contributed by atoms with Gasteiger partial charge in [-0.15, -0.1) is 0 Å². The summed E-state index contributed by atoms with van der Waals surface area (Å²) < 4.78 is 43.8. The van der Waals surface area contributed by atoms with Crippen LogP contribution >= 0.6 is 0 Å². The number of esters is 1. The Balaban J connectivity index is 1.35. The molecule has 0 atom stereocenters. The molecule has 0 aliphatic carbocycles. The number of ether oxygens (including phenoxy) is 3. The number of amides is 3. The van der Waals surface area contributed by atoms with Crippen molar-refractivity contribution in [2.45, 2.75) is 13.2 Å². The third-order valence-electron chi connectivity index (χ3n) is 6.56. The smallest absolute Gasteiger partial charge is 0.422 e. The SMILES string of the molecule is CN(CCN(C)C(=O)c1ccccc1OC(=O)c1cccn1S(=O)(=O)NC(=O)OCc1ccccc1)C(=O)OCc1ccccc1. The molecule has 0 unspecified atom stereocenters. The predicted octanol–water partition coefficient (Wildman–Crippen LogP) is 4.07. The average Bonchev–Trinajstić information content (AvgIpc) is 3.57. The van der Waals surface area contributed by atoms with E-state index in [1.807, 2.05) is 30.3 Å². The van der Waals surface area contributed by atoms with Crippen LogP contribution in [0.5, 0.6) is 5.75 Å². The molecule has 240 valence electrons. The molecule has 0 saturated heterocycles. The monoisotopic (exact) mass is 648 g/mol. The second kappa shape index (κ2) is 15.4. The minimum atomic E-state index is -4.60. The minimum absolute atomic E-state index is 0.0243. The van der Waals surface area contributed by atoms with Crippen LogP contribution < -0.4 is 9.46 Å². The standard InChI is InChI=1S/C32H32N4O9S/c1-34(20-21-35(2)32(40)44-23-25-14-7-4-8-15-25)29(37)26-16-9-10-18-28(26)45-30(38)27-17-11-19-36(27)46(41,42)33-31(39)43-22-24-12-5-3-6-13-24/h3-19H,20-23H2,1-2H3,(H,33,39). The third-order valence-corrected chi connectivity index (χ3v) is 7.82. The summed E-state index contributed by atoms with van der Waals surface area (Å²) in [5, 5.41) is 0. The van der Waals surface area contributed by atoms with Crippen molar-refractivity contribution in [3.05, 3.63) is 126 Å². The summed E-state index contributed by atoms with van der Waals surface area (Å²) in [6, 6.07) is 26.3. The van der Waals surface area contributed by atoms with E-state index >= 15 is 0 Å². The first-order valence-electron chi connectivity index (χ1n) is 13.9. The van der Waals surface area contributed by atoms with Gasteiger partial charge in [0.2, 0.25) is 0 Å². The second-order valence-corrected chi connectivity index (χ2v) is 11.5. The summed E-state index contributed by atoms with van der Waals surface area (Å²) >= 11 is 0. The van der Waals surface area contributed by atoms with Crippen molar-refractivity contribution < 1.29 is 41.8 Å². The van der Waals surface area contributed by atoms with Gasteiger partial charge < -0.3 is 24.0 Å². The Morgan fingerprint density at radius 1 is 0.717 bits per heavy atom. The van der Waals surface area contributed by atoms with Crippen molar-refractivity contribution in [1.82, 2.24) is 18.5 Å². The van der Waals surface area contributed by atoms with Crippen molar-refractivity contribution in [2.75, 3.05) is 27.2 Å². The van der Waals surface area contributed by atoms with E-state index in [1.165, 1.54) is 47.2 Å². The lowest BCUT2D eigenvalue weighted by atomic mass is 10.1. The Morgan fingerprint density at radius 3 is 1.93 bits per heavy atom. The zero-order valence-corrected chi connectivity index (χ0v) is 25.9. The maximum absolute atomic E-state index is 13.3. The molecule has 1 heterocycles. The van der Waals surface area contributed by atoms with Crippen LogP contribution in [0.2, 0.25) is 0 Å². The van der Waals surface area contributed by atoms with E-state index in [9.17, 15) is 27.6 Å². The molecule has 14 heteroatoms. The average molecular weight is 649 g/mol. The van der Waals surface area contributed by atoms with Crippen LogP contribution in [0.15, 0.2) is 103 Å². The van der Waals surface area contributed by atoms with Crippen molar-refractivity contribution in [1.29, 1.82) is 0 Å². The van der Waals surface area contributed by atoms with E-state index < -0.39 is 40.0 Å². The van der Waals surface area contributed by atoms with Crippen LogP contribution in [0, 0.1) is 0 Å². The fraction of sp³-hybridized carbons (Fsp3) is 0.188. The van der Waals surface area contributed by atoms with E-state index in [0.717, 1.165) is 11.8 Å². The number of hydrogen-bond donors (Lipinski definition) is 1. The van der Waals surface area contributed by atoms with Crippen molar-refractivity contribution in [3.63, 3.8) is 0 Å². The molecule has 0 saturated carbocycles. The summed E-state index contributed by atoms with van der Waals surface area (Å²) in [7, 11) is -1.54. The molecule has 0 aliphatic rings. The Kier molecular flexibility index (Phi) is 11.1. The number of rotatable bonds is 12. The van der Waals surface area contributed by atoms with E-state index in [2.05, 4.69) is 0 Å². The fourth-order valence-corrected chi connectivity index (χ4v) is 5.05. The van der Waals surface area contributed by atoms with E-state index in [-0.39, 0.29) is 37.6 Å². The van der Waals surface area contributed by atoms with Gasteiger partial charge in [0.15, 0.2) is 0 Å². The van der Waals surface area contributed by atoms with Crippen LogP contribution in [-0.4, -0.2) is 73.4 Å². The molecule has 0 spiro atoms. The zero-order valence-electron chi connectivity index (χ0n) is 25.1. The number of likely N-dealkylation sites (N-methyl/N-ethyl adjacent to an activating group) is 2. The van der Waals surface area contributed by atoms with Crippen molar-refractivity contribution in [2.24, 2.45) is 0 Å². The lowest BCUT2D eigenvalue weighted by Gasteiger charge is -2.23. The molecule has 3 aromatic carbocycles. The van der Waals surface area contributed by atoms with Crippen molar-refractivity contribution in [3.8, 4) is 5.75 Å². The normalized spacial score (nSPS) is 10.8. The predicted molar refractivity (Wildman–Crippen MR) is 166 cm³/mol. The van der Waals surface area contributed by atoms with Crippen LogP contribution in [0.1, 0.15) is 32.0 Å². The molecule has 1 aromatic heterocycles. The Bertz CT molecular complexity index is 1780. The molecule has 4 aromatic rings. The summed E-state index contributed by atoms with van der Waals surface area (Å²) in [5.41, 5.74) is 1.07. The molecule has 46 heavy (non-hydrogen) atoms. The quantitative estimate of drug-likeness (QED) is 0.177. The van der Waals surface area contributed by atoms with Gasteiger partial charge in [-0.05, 0) is 35.4 Å². The number of para-hydroxylation sites is 1. The molecule has 3 amide bonds. The molecule has 4 rings (SSSR count). The number of nitrogens with zero attached hydrogens (tertiary/aromatic N) is 3. The highest BCUT2D eigenvalue weighted by Crippen LogP contribution is 2.22. The van der Waals surface area contributed by atoms with Gasteiger partial charge in [0, 0.05) is 33.4 Å². The van der Waals surface area contributed by atoms with Gasteiger partial charge in [-0.2, -0.15) is 8.42 Å². The van der Waals surface area contributed by atoms with E-state index in [0.29, 0.717) is 9.54 Å². The van der Waals surface area contributed by atoms with Crippen LogP contribution in [0.4, 0.5) is 9.59 Å². The van der Waals surface area contributed by atoms with Gasteiger partial charge in [-0.25, -0.2) is 23.1 Å². The first-order chi connectivity index (χ1) is 22.0. The van der Waals surface area contributed by atoms with Gasteiger partial charge in [0.05, 0.1) is 5.56 Å². The summed E-state index contributed by atoms with van der Waals surface area (Å²) in [4.78, 5) is 53.6. The molecular weight excluding hydrogens is 616 g/mol. The third kappa shape index (κ3) is 8.95. The Labute approximate surface area is 266 Å². The fourth-order valence-electron chi connectivity index (χ4n) is 4.05. The summed E-state index contributed by atoms with van der Waals surface area (Å²) in [6.07, 6.45) is -0.753. The van der Waals surface area contributed by atoms with Gasteiger partial charge in [-0.1, -0.05) is 72.8 Å². The van der Waals surface area contributed by atoms with Gasteiger partial charge in [0.25, 0.3) is 5.91 Å². The molecule has 0 fully saturated rings. The van der Waals surface area contributed by atoms with Gasteiger partial charge in [0.1, 0.15) is 24.7 Å². The summed E-state index contributed by atoms with van der Waals surface area (Å²) in [5.74, 6) is -1.74. The zero-order chi connectivity index (χ0) is 33.1. The number of benzene rings is 3. The molecule has 0 bridgehead atoms. The van der Waals surface area contributed by atoms with Gasteiger partial charge in [-0.3, -0.25) is 4.79 Å². The number of hydrogen-bond acceptors (Lipinski definition) is 9. The number of carbonyl (C=O) groups is 4. The topological polar surface area (TPSA) is 154 Å². The van der Waals surface area contributed by atoms with Crippen LogP contribution in [0.25, 0.3) is 0 Å². The largest absolute Gasteiger partial charge is 0.445 e. The first kappa shape index (κ1) is 33.3. The maximum Gasteiger partial charge on any atom is 0.422 e. The highest BCUT2D eigenvalue weighted by molar-refractivity contribution is 7.88. The Morgan fingerprint density at radius 2 is 1.28 bits per heavy atom. The lowest BCUT2D eigenvalue weighted by Crippen LogP contribution is -2.38. The van der Waals surface area contributed by atoms with Crippen LogP contribution in [-0.2, 0) is 32.9 Å². The van der Waals surface area contributed by atoms with Crippen LogP contribution in [0.3, 0.4) is 0 Å². The Hall–Kier alpha value is -5.63. The number of nitrogens with one attached hydrogen (secondary N) is 1. The minimum Gasteiger partial charge on any atom is -0.445 e.